The lowest BCUT2D eigenvalue weighted by atomic mass is 9.44. The van der Waals surface area contributed by atoms with Gasteiger partial charge in [0.1, 0.15) is 6.17 Å². The van der Waals surface area contributed by atoms with E-state index in [1.165, 1.54) is 49.6 Å². The molecule has 9 atom stereocenters. The molecule has 3 saturated carbocycles. The van der Waals surface area contributed by atoms with Gasteiger partial charge in [0.2, 0.25) is 5.76 Å². The van der Waals surface area contributed by atoms with E-state index in [9.17, 15) is 32.7 Å². The Bertz CT molecular complexity index is 1640. The highest BCUT2D eigenvalue weighted by molar-refractivity contribution is 8.09. The van der Waals surface area contributed by atoms with Crippen molar-refractivity contribution in [2.45, 2.75) is 76.4 Å². The number of aliphatic hydroxyl groups excluding tert-OH is 1. The molecule has 1 aromatic heterocycles. The first-order valence-corrected chi connectivity index (χ1v) is 16.0. The van der Waals surface area contributed by atoms with Crippen molar-refractivity contribution in [1.29, 1.82) is 0 Å². The van der Waals surface area contributed by atoms with Crippen LogP contribution in [0.15, 0.2) is 70.9 Å². The summed E-state index contributed by atoms with van der Waals surface area (Å²) >= 11 is 0.346. The molecule has 252 valence electrons. The highest BCUT2D eigenvalue weighted by atomic mass is 32.2. The third-order valence-corrected chi connectivity index (χ3v) is 11.8. The molecule has 4 aliphatic rings. The SMILES string of the molecule is C[C@@H]1CC2C3C[C@H](F)C4=CC(=O)C=C[C@]4(C)[C@@]3(F)[C@@H](O)C[C@]2(C)[C@@]1(OC(=O)c1ccco1)C(=O)SOCc1ccc(C(F)(F)F)cc1. The zero-order chi connectivity index (χ0) is 34.2. The number of hydrogen-bond acceptors (Lipinski definition) is 8. The molecule has 1 aromatic carbocycles. The summed E-state index contributed by atoms with van der Waals surface area (Å²) in [5, 5.41) is 10.9. The molecule has 13 heteroatoms. The number of fused-ring (bicyclic) bond motifs is 5. The van der Waals surface area contributed by atoms with E-state index in [2.05, 4.69) is 0 Å². The van der Waals surface area contributed by atoms with Gasteiger partial charge in [-0.05, 0) is 79.7 Å². The molecule has 47 heavy (non-hydrogen) atoms. The van der Waals surface area contributed by atoms with Gasteiger partial charge in [0.05, 0.1) is 36.6 Å². The summed E-state index contributed by atoms with van der Waals surface area (Å²) in [7, 11) is 0. The molecule has 4 aliphatic carbocycles. The van der Waals surface area contributed by atoms with Crippen molar-refractivity contribution in [3.05, 3.63) is 83.3 Å². The lowest BCUT2D eigenvalue weighted by Crippen LogP contribution is -2.70. The average Bonchev–Trinajstić information content (AvgIpc) is 3.62. The number of esters is 1. The van der Waals surface area contributed by atoms with Crippen molar-refractivity contribution in [3.8, 4) is 0 Å². The van der Waals surface area contributed by atoms with Gasteiger partial charge < -0.3 is 18.4 Å². The van der Waals surface area contributed by atoms with Gasteiger partial charge in [0.15, 0.2) is 17.1 Å². The molecule has 1 N–H and O–H groups in total. The summed E-state index contributed by atoms with van der Waals surface area (Å²) in [6.45, 7) is 4.47. The molecule has 3 fully saturated rings. The minimum absolute atomic E-state index is 0.0451. The Morgan fingerprint density at radius 2 is 1.81 bits per heavy atom. The predicted octanol–water partition coefficient (Wildman–Crippen LogP) is 7.15. The van der Waals surface area contributed by atoms with Crippen LogP contribution < -0.4 is 0 Å². The van der Waals surface area contributed by atoms with Crippen molar-refractivity contribution < 1.29 is 54.8 Å². The smallest absolute Gasteiger partial charge is 0.416 e. The molecule has 2 aromatic rings. The van der Waals surface area contributed by atoms with E-state index in [4.69, 9.17) is 13.3 Å². The molecular weight excluding hydrogens is 647 g/mol. The van der Waals surface area contributed by atoms with Gasteiger partial charge in [0.25, 0.3) is 5.12 Å². The van der Waals surface area contributed by atoms with E-state index in [1.54, 1.807) is 13.8 Å². The van der Waals surface area contributed by atoms with Gasteiger partial charge in [-0.1, -0.05) is 32.1 Å². The summed E-state index contributed by atoms with van der Waals surface area (Å²) in [5.74, 6) is -4.34. The van der Waals surface area contributed by atoms with Gasteiger partial charge in [-0.15, -0.1) is 0 Å². The van der Waals surface area contributed by atoms with Crippen molar-refractivity contribution in [2.75, 3.05) is 0 Å². The Labute approximate surface area is 271 Å². The Kier molecular flexibility index (Phi) is 8.16. The summed E-state index contributed by atoms with van der Waals surface area (Å²) in [5.41, 5.74) is -8.07. The molecule has 0 spiro atoms. The molecule has 6 rings (SSSR count). The Hall–Kier alpha value is -3.29. The Morgan fingerprint density at radius 3 is 2.45 bits per heavy atom. The highest BCUT2D eigenvalue weighted by Crippen LogP contribution is 2.72. The number of benzene rings is 1. The van der Waals surface area contributed by atoms with Crippen LogP contribution in [0.3, 0.4) is 0 Å². The van der Waals surface area contributed by atoms with E-state index in [0.717, 1.165) is 18.2 Å². The van der Waals surface area contributed by atoms with Crippen molar-refractivity contribution in [2.24, 2.45) is 28.6 Å². The molecule has 1 heterocycles. The normalized spacial score (nSPS) is 37.9. The van der Waals surface area contributed by atoms with Crippen LogP contribution in [-0.4, -0.2) is 45.5 Å². The Balaban J connectivity index is 1.35. The highest BCUT2D eigenvalue weighted by Gasteiger charge is 2.78. The molecular formula is C34H33F5O7S. The summed E-state index contributed by atoms with van der Waals surface area (Å²) in [6.07, 6.45) is -3.77. The molecule has 0 aliphatic heterocycles. The number of ether oxygens (including phenoxy) is 1. The maximum atomic E-state index is 17.7. The maximum absolute atomic E-state index is 17.7. The zero-order valence-corrected chi connectivity index (χ0v) is 26.5. The number of allylic oxidation sites excluding steroid dienone is 4. The van der Waals surface area contributed by atoms with Gasteiger partial charge in [0, 0.05) is 22.7 Å². The molecule has 0 radical (unpaired) electrons. The number of ketones is 1. The van der Waals surface area contributed by atoms with Crippen LogP contribution in [0.5, 0.6) is 0 Å². The van der Waals surface area contributed by atoms with E-state index in [-0.39, 0.29) is 37.2 Å². The van der Waals surface area contributed by atoms with Gasteiger partial charge in [-0.2, -0.15) is 13.2 Å². The number of furan rings is 1. The molecule has 0 bridgehead atoms. The first kappa shape index (κ1) is 33.6. The monoisotopic (exact) mass is 680 g/mol. The minimum atomic E-state index is -4.53. The van der Waals surface area contributed by atoms with Gasteiger partial charge in [-0.25, -0.2) is 13.6 Å². The lowest BCUT2D eigenvalue weighted by Gasteiger charge is -2.63. The van der Waals surface area contributed by atoms with Crippen molar-refractivity contribution in [3.63, 3.8) is 0 Å². The maximum Gasteiger partial charge on any atom is 0.416 e. The Morgan fingerprint density at radius 1 is 1.11 bits per heavy atom. The second-order valence-electron chi connectivity index (χ2n) is 13.4. The van der Waals surface area contributed by atoms with E-state index in [0.29, 0.717) is 17.6 Å². The van der Waals surface area contributed by atoms with Crippen LogP contribution in [-0.2, 0) is 31.3 Å². The number of aliphatic hydroxyl groups is 1. The molecule has 7 nitrogen and oxygen atoms in total. The zero-order valence-electron chi connectivity index (χ0n) is 25.7. The summed E-state index contributed by atoms with van der Waals surface area (Å²) in [4.78, 5) is 39.9. The fraction of sp³-hybridized carbons (Fsp3) is 0.500. The van der Waals surface area contributed by atoms with Crippen LogP contribution in [0.4, 0.5) is 22.0 Å². The van der Waals surface area contributed by atoms with Gasteiger partial charge in [-0.3, -0.25) is 9.59 Å². The quantitative estimate of drug-likeness (QED) is 0.195. The van der Waals surface area contributed by atoms with Gasteiger partial charge >= 0.3 is 12.1 Å². The second-order valence-corrected chi connectivity index (χ2v) is 14.2. The number of carbonyl (C=O) groups is 3. The average molecular weight is 681 g/mol. The van der Waals surface area contributed by atoms with Crippen LogP contribution >= 0.6 is 12.0 Å². The topological polar surface area (TPSA) is 103 Å². The van der Waals surface area contributed by atoms with E-state index < -0.39 is 80.7 Å². The standard InChI is InChI=1S/C34H33F5O7S/c1-18-13-22-23-15-25(35)24-14-21(40)10-11-30(24,2)32(23,36)27(41)16-31(22,3)33(18,46-28(42)26-5-4-12-44-26)29(43)47-45-17-19-6-8-20(9-7-19)34(37,38)39/h4-12,14,18,22-23,25,27,41H,13,15-17H2,1-3H3/t18-,22?,23?,25+,27+,30+,31+,32+,33+/m1/s1. The van der Waals surface area contributed by atoms with Crippen molar-refractivity contribution >= 4 is 28.9 Å². The minimum Gasteiger partial charge on any atom is -0.457 e. The number of rotatable bonds is 6. The van der Waals surface area contributed by atoms with E-state index in [1.807, 2.05) is 0 Å². The molecule has 0 amide bonds. The van der Waals surface area contributed by atoms with Crippen LogP contribution in [0.25, 0.3) is 0 Å². The third kappa shape index (κ3) is 4.94. The molecule has 0 saturated heterocycles. The molecule has 2 unspecified atom stereocenters. The van der Waals surface area contributed by atoms with Crippen LogP contribution in [0.2, 0.25) is 0 Å². The summed E-state index contributed by atoms with van der Waals surface area (Å²) < 4.78 is 89.4. The fourth-order valence-corrected chi connectivity index (χ4v) is 9.71. The number of carbonyl (C=O) groups excluding carboxylic acids is 3. The fourth-order valence-electron chi connectivity index (χ4n) is 8.81. The van der Waals surface area contributed by atoms with Crippen LogP contribution in [0.1, 0.15) is 61.7 Å². The number of halogens is 5. The van der Waals surface area contributed by atoms with Crippen LogP contribution in [0, 0.1) is 28.6 Å². The summed E-state index contributed by atoms with van der Waals surface area (Å²) in [6, 6.07) is 6.99. The first-order valence-electron chi connectivity index (χ1n) is 15.2. The third-order valence-electron chi connectivity index (χ3n) is 11.1. The largest absolute Gasteiger partial charge is 0.457 e. The second kappa shape index (κ2) is 11.4. The van der Waals surface area contributed by atoms with E-state index >= 15 is 8.78 Å². The number of hydrogen-bond donors (Lipinski definition) is 1. The first-order chi connectivity index (χ1) is 22.0. The van der Waals surface area contributed by atoms with Crippen molar-refractivity contribution in [1.82, 2.24) is 0 Å². The number of alkyl halides is 5. The predicted molar refractivity (Wildman–Crippen MR) is 159 cm³/mol. The lowest BCUT2D eigenvalue weighted by molar-refractivity contribution is -0.221.